The average molecular weight is 251 g/mol. The molecule has 0 aliphatic carbocycles. The Morgan fingerprint density at radius 1 is 1.67 bits per heavy atom. The number of cyclic esters (lactones) is 1. The van der Waals surface area contributed by atoms with E-state index in [-0.39, 0.29) is 23.6 Å². The Kier molecular flexibility index (Phi) is 3.40. The van der Waals surface area contributed by atoms with Crippen molar-refractivity contribution in [3.63, 3.8) is 0 Å². The largest absolute Gasteiger partial charge is 0.460 e. The van der Waals surface area contributed by atoms with E-state index in [1.54, 1.807) is 13.0 Å². The highest BCUT2D eigenvalue weighted by atomic mass is 16.6. The summed E-state index contributed by atoms with van der Waals surface area (Å²) in [6, 6.07) is 1.58. The number of ether oxygens (including phenoxy) is 1. The lowest BCUT2D eigenvalue weighted by molar-refractivity contribution is -0.384. The first-order valence-corrected chi connectivity index (χ1v) is 5.61. The molecule has 2 heterocycles. The monoisotopic (exact) mass is 251 g/mol. The molecule has 1 unspecified atom stereocenters. The molecule has 0 amide bonds. The average Bonchev–Trinajstić information content (AvgIpc) is 2.72. The molecule has 0 aromatic carbocycles. The molecule has 1 atom stereocenters. The predicted octanol–water partition coefficient (Wildman–Crippen LogP) is 1.42. The number of anilines is 1. The van der Waals surface area contributed by atoms with E-state index in [2.05, 4.69) is 10.3 Å². The Labute approximate surface area is 103 Å². The van der Waals surface area contributed by atoms with Crippen molar-refractivity contribution in [3.8, 4) is 0 Å². The number of pyridine rings is 1. The number of carbonyl (C=O) groups excluding carboxylic acids is 1. The molecule has 1 aliphatic rings. The molecule has 1 N–H and O–H groups in total. The molecule has 2 rings (SSSR count). The fourth-order valence-electron chi connectivity index (χ4n) is 1.85. The summed E-state index contributed by atoms with van der Waals surface area (Å²) < 4.78 is 5.01. The summed E-state index contributed by atoms with van der Waals surface area (Å²) in [6.45, 7) is 1.99. The maximum Gasteiger partial charge on any atom is 0.314 e. The number of hydrogen-bond acceptors (Lipinski definition) is 6. The molecule has 7 heteroatoms. The van der Waals surface area contributed by atoms with Crippen LogP contribution in [0.25, 0.3) is 0 Å². The third kappa shape index (κ3) is 2.55. The highest BCUT2D eigenvalue weighted by molar-refractivity contribution is 5.71. The summed E-state index contributed by atoms with van der Waals surface area (Å²) in [7, 11) is 0. The molecular weight excluding hydrogens is 238 g/mol. The molecule has 18 heavy (non-hydrogen) atoms. The number of nitrogens with one attached hydrogen (secondary N) is 1. The molecule has 1 fully saturated rings. The molecule has 96 valence electrons. The van der Waals surface area contributed by atoms with Crippen LogP contribution < -0.4 is 5.32 Å². The first-order chi connectivity index (χ1) is 8.58. The van der Waals surface area contributed by atoms with Crippen molar-refractivity contribution in [2.45, 2.75) is 25.9 Å². The van der Waals surface area contributed by atoms with Crippen LogP contribution in [0.15, 0.2) is 12.3 Å². The van der Waals surface area contributed by atoms with Gasteiger partial charge in [0.1, 0.15) is 6.10 Å². The lowest BCUT2D eigenvalue weighted by Gasteiger charge is -2.11. The van der Waals surface area contributed by atoms with Crippen LogP contribution in [0, 0.1) is 17.0 Å². The van der Waals surface area contributed by atoms with Crippen molar-refractivity contribution in [2.75, 3.05) is 11.9 Å². The fourth-order valence-corrected chi connectivity index (χ4v) is 1.85. The number of aromatic nitrogens is 1. The van der Waals surface area contributed by atoms with E-state index in [9.17, 15) is 14.9 Å². The lowest BCUT2D eigenvalue weighted by atomic mass is 10.2. The van der Waals surface area contributed by atoms with E-state index in [4.69, 9.17) is 4.74 Å². The van der Waals surface area contributed by atoms with Crippen LogP contribution in [-0.2, 0) is 9.53 Å². The molecule has 0 saturated carbocycles. The van der Waals surface area contributed by atoms with Gasteiger partial charge < -0.3 is 10.1 Å². The second kappa shape index (κ2) is 4.99. The number of carbonyl (C=O) groups is 1. The fraction of sp³-hybridized carbons (Fsp3) is 0.455. The van der Waals surface area contributed by atoms with Crippen LogP contribution in [0.5, 0.6) is 0 Å². The molecule has 7 nitrogen and oxygen atoms in total. The van der Waals surface area contributed by atoms with Crippen molar-refractivity contribution in [2.24, 2.45) is 0 Å². The highest BCUT2D eigenvalue weighted by Gasteiger charge is 2.25. The van der Waals surface area contributed by atoms with Crippen molar-refractivity contribution in [1.29, 1.82) is 0 Å². The number of esters is 1. The van der Waals surface area contributed by atoms with Crippen LogP contribution in [0.1, 0.15) is 18.4 Å². The van der Waals surface area contributed by atoms with Gasteiger partial charge in [0.05, 0.1) is 11.5 Å². The van der Waals surface area contributed by atoms with Gasteiger partial charge in [-0.25, -0.2) is 4.98 Å². The Morgan fingerprint density at radius 2 is 2.44 bits per heavy atom. The third-order valence-corrected chi connectivity index (χ3v) is 2.77. The standard InChI is InChI=1S/C11H13N3O4/c1-7-4-5-12-11(10(7)14(16)17)13-6-8-2-3-9(15)18-8/h4-5,8H,2-3,6H2,1H3,(H,12,13). The van der Waals surface area contributed by atoms with Crippen LogP contribution in [0.2, 0.25) is 0 Å². The molecule has 1 aliphatic heterocycles. The van der Waals surface area contributed by atoms with Crippen molar-refractivity contribution in [3.05, 3.63) is 27.9 Å². The SMILES string of the molecule is Cc1ccnc(NCC2CCC(=O)O2)c1[N+](=O)[O-]. The first-order valence-electron chi connectivity index (χ1n) is 5.61. The number of rotatable bonds is 4. The van der Waals surface area contributed by atoms with Gasteiger partial charge >= 0.3 is 11.7 Å². The minimum atomic E-state index is -0.467. The van der Waals surface area contributed by atoms with E-state index < -0.39 is 4.92 Å². The van der Waals surface area contributed by atoms with Gasteiger partial charge in [0.15, 0.2) is 0 Å². The number of aryl methyl sites for hydroxylation is 1. The van der Waals surface area contributed by atoms with Gasteiger partial charge in [-0.1, -0.05) is 0 Å². The normalized spacial score (nSPS) is 18.5. The molecule has 0 spiro atoms. The topological polar surface area (TPSA) is 94.4 Å². The molecule has 1 aromatic rings. The van der Waals surface area contributed by atoms with Crippen molar-refractivity contribution >= 4 is 17.5 Å². The summed E-state index contributed by atoms with van der Waals surface area (Å²) in [5.74, 6) is -0.0172. The Hall–Kier alpha value is -2.18. The second-order valence-corrected chi connectivity index (χ2v) is 4.11. The lowest BCUT2D eigenvalue weighted by Crippen LogP contribution is -2.20. The number of nitrogens with zero attached hydrogens (tertiary/aromatic N) is 2. The van der Waals surface area contributed by atoms with Gasteiger partial charge in [0, 0.05) is 18.2 Å². The molecule has 0 radical (unpaired) electrons. The van der Waals surface area contributed by atoms with Crippen LogP contribution in [0.3, 0.4) is 0 Å². The zero-order chi connectivity index (χ0) is 13.1. The van der Waals surface area contributed by atoms with Crippen LogP contribution >= 0.6 is 0 Å². The summed E-state index contributed by atoms with van der Waals surface area (Å²) in [5.41, 5.74) is 0.503. The number of nitro groups is 1. The summed E-state index contributed by atoms with van der Waals surface area (Å²) in [6.07, 6.45) is 2.30. The van der Waals surface area contributed by atoms with E-state index in [0.29, 0.717) is 24.9 Å². The van der Waals surface area contributed by atoms with Gasteiger partial charge in [-0.15, -0.1) is 0 Å². The van der Waals surface area contributed by atoms with Crippen LogP contribution in [0.4, 0.5) is 11.5 Å². The van der Waals surface area contributed by atoms with Gasteiger partial charge in [-0.2, -0.15) is 0 Å². The van der Waals surface area contributed by atoms with Crippen molar-refractivity contribution in [1.82, 2.24) is 4.98 Å². The van der Waals surface area contributed by atoms with E-state index in [1.165, 1.54) is 6.20 Å². The minimum Gasteiger partial charge on any atom is -0.460 e. The van der Waals surface area contributed by atoms with E-state index in [0.717, 1.165) is 0 Å². The Balaban J connectivity index is 2.07. The molecule has 1 saturated heterocycles. The van der Waals surface area contributed by atoms with Crippen molar-refractivity contribution < 1.29 is 14.5 Å². The quantitative estimate of drug-likeness (QED) is 0.494. The van der Waals surface area contributed by atoms with Gasteiger partial charge in [-0.05, 0) is 19.4 Å². The predicted molar refractivity (Wildman–Crippen MR) is 63.2 cm³/mol. The molecule has 1 aromatic heterocycles. The second-order valence-electron chi connectivity index (χ2n) is 4.11. The highest BCUT2D eigenvalue weighted by Crippen LogP contribution is 2.26. The van der Waals surface area contributed by atoms with E-state index >= 15 is 0 Å². The summed E-state index contributed by atoms with van der Waals surface area (Å²) in [4.78, 5) is 25.3. The maximum absolute atomic E-state index is 10.9. The first kappa shape index (κ1) is 12.3. The number of hydrogen-bond donors (Lipinski definition) is 1. The minimum absolute atomic E-state index is 0.0400. The molecule has 0 bridgehead atoms. The summed E-state index contributed by atoms with van der Waals surface area (Å²) in [5, 5.41) is 13.8. The van der Waals surface area contributed by atoms with Gasteiger partial charge in [0.25, 0.3) is 0 Å². The maximum atomic E-state index is 10.9. The smallest absolute Gasteiger partial charge is 0.314 e. The zero-order valence-corrected chi connectivity index (χ0v) is 9.88. The summed E-state index contributed by atoms with van der Waals surface area (Å²) >= 11 is 0. The zero-order valence-electron chi connectivity index (χ0n) is 9.88. The van der Waals surface area contributed by atoms with Crippen LogP contribution in [-0.4, -0.2) is 28.5 Å². The Bertz CT molecular complexity index is 489. The van der Waals surface area contributed by atoms with Gasteiger partial charge in [0.2, 0.25) is 5.82 Å². The van der Waals surface area contributed by atoms with Gasteiger partial charge in [-0.3, -0.25) is 14.9 Å². The van der Waals surface area contributed by atoms with E-state index in [1.807, 2.05) is 0 Å². The third-order valence-electron chi connectivity index (χ3n) is 2.77. The Morgan fingerprint density at radius 3 is 3.06 bits per heavy atom. The molecular formula is C11H13N3O4.